The summed E-state index contributed by atoms with van der Waals surface area (Å²) in [5.74, 6) is -0.170. The fraction of sp³-hybridized carbons (Fsp3) is 0.538. The molecule has 0 atom stereocenters. The Kier molecular flexibility index (Phi) is 3.65. The first kappa shape index (κ1) is 12.1. The molecule has 0 saturated heterocycles. The number of rotatable bonds is 5. The van der Waals surface area contributed by atoms with Crippen LogP contribution in [0.25, 0.3) is 0 Å². The van der Waals surface area contributed by atoms with E-state index in [-0.39, 0.29) is 5.82 Å². The summed E-state index contributed by atoms with van der Waals surface area (Å²) in [4.78, 5) is 0. The number of hydrogen-bond acceptors (Lipinski definition) is 1. The van der Waals surface area contributed by atoms with Gasteiger partial charge in [-0.15, -0.1) is 0 Å². The van der Waals surface area contributed by atoms with Crippen LogP contribution in [0.1, 0.15) is 31.7 Å². The first-order valence-corrected chi connectivity index (χ1v) is 6.59. The Bertz CT molecular complexity index is 374. The van der Waals surface area contributed by atoms with Crippen molar-refractivity contribution in [3.63, 3.8) is 0 Å². The van der Waals surface area contributed by atoms with E-state index in [4.69, 9.17) is 0 Å². The highest BCUT2D eigenvalue weighted by Gasteiger charge is 2.39. The maximum absolute atomic E-state index is 13.0. The third-order valence-electron chi connectivity index (χ3n) is 3.53. The van der Waals surface area contributed by atoms with E-state index in [1.54, 1.807) is 12.1 Å². The van der Waals surface area contributed by atoms with E-state index in [0.717, 1.165) is 23.1 Å². The van der Waals surface area contributed by atoms with Crippen molar-refractivity contribution >= 4 is 15.9 Å². The van der Waals surface area contributed by atoms with Gasteiger partial charge in [-0.05, 0) is 48.4 Å². The van der Waals surface area contributed by atoms with Crippen LogP contribution in [0.5, 0.6) is 0 Å². The summed E-state index contributed by atoms with van der Waals surface area (Å²) in [6.07, 6.45) is 3.91. The molecule has 88 valence electrons. The molecule has 1 aliphatic rings. The SMILES string of the molecule is CCC1(CNCc2cc(F)ccc2Br)CC1. The van der Waals surface area contributed by atoms with Crippen molar-refractivity contribution in [1.82, 2.24) is 5.32 Å². The Morgan fingerprint density at radius 3 is 2.81 bits per heavy atom. The minimum absolute atomic E-state index is 0.170. The normalized spacial score (nSPS) is 17.4. The Balaban J connectivity index is 1.87. The van der Waals surface area contributed by atoms with Gasteiger partial charge in [0, 0.05) is 17.6 Å². The van der Waals surface area contributed by atoms with Gasteiger partial charge in [-0.25, -0.2) is 4.39 Å². The summed E-state index contributed by atoms with van der Waals surface area (Å²) < 4.78 is 14.0. The Morgan fingerprint density at radius 1 is 1.44 bits per heavy atom. The van der Waals surface area contributed by atoms with E-state index in [0.29, 0.717) is 5.41 Å². The van der Waals surface area contributed by atoms with E-state index < -0.39 is 0 Å². The molecule has 0 aliphatic heterocycles. The molecule has 1 aromatic rings. The van der Waals surface area contributed by atoms with Crippen LogP contribution in [0.15, 0.2) is 22.7 Å². The molecule has 0 bridgehead atoms. The predicted octanol–water partition coefficient (Wildman–Crippen LogP) is 3.87. The minimum Gasteiger partial charge on any atom is -0.312 e. The lowest BCUT2D eigenvalue weighted by Gasteiger charge is -2.14. The van der Waals surface area contributed by atoms with Gasteiger partial charge >= 0.3 is 0 Å². The molecule has 0 heterocycles. The smallest absolute Gasteiger partial charge is 0.123 e. The van der Waals surface area contributed by atoms with Crippen molar-refractivity contribution in [3.8, 4) is 0 Å². The van der Waals surface area contributed by atoms with Gasteiger partial charge in [0.05, 0.1) is 0 Å². The molecule has 1 fully saturated rings. The highest BCUT2D eigenvalue weighted by molar-refractivity contribution is 9.10. The Labute approximate surface area is 105 Å². The average Bonchev–Trinajstić information content (AvgIpc) is 3.04. The van der Waals surface area contributed by atoms with Crippen LogP contribution in [-0.2, 0) is 6.54 Å². The van der Waals surface area contributed by atoms with Crippen molar-refractivity contribution in [3.05, 3.63) is 34.1 Å². The molecule has 2 rings (SSSR count). The molecular weight excluding hydrogens is 269 g/mol. The van der Waals surface area contributed by atoms with Gasteiger partial charge < -0.3 is 5.32 Å². The first-order chi connectivity index (χ1) is 7.65. The lowest BCUT2D eigenvalue weighted by Crippen LogP contribution is -2.23. The van der Waals surface area contributed by atoms with Crippen LogP contribution in [0, 0.1) is 11.2 Å². The van der Waals surface area contributed by atoms with E-state index in [9.17, 15) is 4.39 Å². The van der Waals surface area contributed by atoms with Crippen molar-refractivity contribution < 1.29 is 4.39 Å². The van der Waals surface area contributed by atoms with Gasteiger partial charge in [0.1, 0.15) is 5.82 Å². The summed E-state index contributed by atoms with van der Waals surface area (Å²) in [6.45, 7) is 4.03. The third-order valence-corrected chi connectivity index (χ3v) is 4.30. The first-order valence-electron chi connectivity index (χ1n) is 5.80. The molecule has 1 aromatic carbocycles. The van der Waals surface area contributed by atoms with Gasteiger partial charge in [0.2, 0.25) is 0 Å². The van der Waals surface area contributed by atoms with Gasteiger partial charge in [-0.3, -0.25) is 0 Å². The fourth-order valence-corrected chi connectivity index (χ4v) is 2.36. The van der Waals surface area contributed by atoms with Gasteiger partial charge in [-0.1, -0.05) is 22.9 Å². The average molecular weight is 286 g/mol. The summed E-state index contributed by atoms with van der Waals surface area (Å²) in [6, 6.07) is 4.82. The number of hydrogen-bond donors (Lipinski definition) is 1. The summed E-state index contributed by atoms with van der Waals surface area (Å²) >= 11 is 3.44. The summed E-state index contributed by atoms with van der Waals surface area (Å²) in [5.41, 5.74) is 1.53. The maximum Gasteiger partial charge on any atom is 0.123 e. The monoisotopic (exact) mass is 285 g/mol. The molecule has 0 radical (unpaired) electrons. The molecule has 3 heteroatoms. The highest BCUT2D eigenvalue weighted by atomic mass is 79.9. The van der Waals surface area contributed by atoms with Crippen molar-refractivity contribution in [1.29, 1.82) is 0 Å². The van der Waals surface area contributed by atoms with Crippen LogP contribution in [0.4, 0.5) is 4.39 Å². The van der Waals surface area contributed by atoms with Gasteiger partial charge in [0.25, 0.3) is 0 Å². The van der Waals surface area contributed by atoms with Crippen LogP contribution >= 0.6 is 15.9 Å². The lowest BCUT2D eigenvalue weighted by atomic mass is 10.0. The zero-order valence-electron chi connectivity index (χ0n) is 9.52. The largest absolute Gasteiger partial charge is 0.312 e. The summed E-state index contributed by atoms with van der Waals surface area (Å²) in [7, 11) is 0. The molecule has 0 spiro atoms. The fourth-order valence-electron chi connectivity index (χ4n) is 1.97. The van der Waals surface area contributed by atoms with Crippen LogP contribution in [0.2, 0.25) is 0 Å². The van der Waals surface area contributed by atoms with Crippen molar-refractivity contribution in [2.75, 3.05) is 6.54 Å². The third kappa shape index (κ3) is 2.83. The molecular formula is C13H17BrFN. The number of benzene rings is 1. The zero-order valence-corrected chi connectivity index (χ0v) is 11.1. The van der Waals surface area contributed by atoms with E-state index >= 15 is 0 Å². The number of nitrogens with one attached hydrogen (secondary N) is 1. The van der Waals surface area contributed by atoms with Crippen LogP contribution in [0.3, 0.4) is 0 Å². The van der Waals surface area contributed by atoms with E-state index in [1.807, 2.05) is 0 Å². The van der Waals surface area contributed by atoms with Crippen molar-refractivity contribution in [2.45, 2.75) is 32.7 Å². The second kappa shape index (κ2) is 4.84. The van der Waals surface area contributed by atoms with E-state index in [1.165, 1.54) is 25.3 Å². The van der Waals surface area contributed by atoms with Gasteiger partial charge in [0.15, 0.2) is 0 Å². The topological polar surface area (TPSA) is 12.0 Å². The molecule has 16 heavy (non-hydrogen) atoms. The van der Waals surface area contributed by atoms with Gasteiger partial charge in [-0.2, -0.15) is 0 Å². The Morgan fingerprint density at radius 2 is 2.19 bits per heavy atom. The molecule has 1 N–H and O–H groups in total. The summed E-state index contributed by atoms with van der Waals surface area (Å²) in [5, 5.41) is 3.43. The molecule has 0 aromatic heterocycles. The van der Waals surface area contributed by atoms with Crippen molar-refractivity contribution in [2.24, 2.45) is 5.41 Å². The second-order valence-electron chi connectivity index (χ2n) is 4.69. The molecule has 1 saturated carbocycles. The maximum atomic E-state index is 13.0. The lowest BCUT2D eigenvalue weighted by molar-refractivity contribution is 0.443. The quantitative estimate of drug-likeness (QED) is 0.866. The Hall–Kier alpha value is -0.410. The number of halogens is 2. The zero-order chi connectivity index (χ0) is 11.6. The van der Waals surface area contributed by atoms with Crippen LogP contribution < -0.4 is 5.32 Å². The molecule has 1 aliphatic carbocycles. The molecule has 0 amide bonds. The standard InChI is InChI=1S/C13H17BrFN/c1-2-13(5-6-13)9-16-8-10-7-11(15)3-4-12(10)14/h3-4,7,16H,2,5-6,8-9H2,1H3. The second-order valence-corrected chi connectivity index (χ2v) is 5.55. The van der Waals surface area contributed by atoms with E-state index in [2.05, 4.69) is 28.2 Å². The molecule has 0 unspecified atom stereocenters. The predicted molar refractivity (Wildman–Crippen MR) is 67.8 cm³/mol. The molecule has 1 nitrogen and oxygen atoms in total. The minimum atomic E-state index is -0.170. The van der Waals surface area contributed by atoms with Crippen LogP contribution in [-0.4, -0.2) is 6.54 Å². The highest BCUT2D eigenvalue weighted by Crippen LogP contribution is 2.47.